The summed E-state index contributed by atoms with van der Waals surface area (Å²) in [5.74, 6) is 2.46. The van der Waals surface area contributed by atoms with Gasteiger partial charge in [0.15, 0.2) is 5.96 Å². The monoisotopic (exact) mass is 319 g/mol. The van der Waals surface area contributed by atoms with Crippen LogP contribution in [0.2, 0.25) is 0 Å². The number of pyridine rings is 1. The highest BCUT2D eigenvalue weighted by Crippen LogP contribution is 2.11. The summed E-state index contributed by atoms with van der Waals surface area (Å²) in [7, 11) is 0. The van der Waals surface area contributed by atoms with E-state index in [1.54, 1.807) is 0 Å². The Hall–Kier alpha value is -1.78. The number of aromatic nitrogens is 1. The van der Waals surface area contributed by atoms with Gasteiger partial charge in [0.1, 0.15) is 5.82 Å². The van der Waals surface area contributed by atoms with Crippen molar-refractivity contribution in [2.75, 3.05) is 24.5 Å². The third-order valence-corrected chi connectivity index (χ3v) is 4.02. The van der Waals surface area contributed by atoms with Gasteiger partial charge < -0.3 is 15.5 Å². The Balaban J connectivity index is 2.71. The van der Waals surface area contributed by atoms with Crippen molar-refractivity contribution in [1.82, 2.24) is 15.6 Å². The molecule has 1 aromatic heterocycles. The average molecular weight is 319 g/mol. The van der Waals surface area contributed by atoms with Crippen molar-refractivity contribution < 1.29 is 0 Å². The molecule has 5 heteroatoms. The highest BCUT2D eigenvalue weighted by Gasteiger charge is 2.09. The molecule has 0 radical (unpaired) electrons. The molecular formula is C18H33N5. The lowest BCUT2D eigenvalue weighted by atomic mass is 10.1. The van der Waals surface area contributed by atoms with E-state index in [1.807, 2.05) is 6.20 Å². The minimum atomic E-state index is 0.385. The molecule has 1 atom stereocenters. The Bertz CT molecular complexity index is 463. The topological polar surface area (TPSA) is 52.6 Å². The predicted octanol–water partition coefficient (Wildman–Crippen LogP) is 3.03. The van der Waals surface area contributed by atoms with E-state index in [9.17, 15) is 0 Å². The lowest BCUT2D eigenvalue weighted by Gasteiger charge is -2.21. The second-order valence-electron chi connectivity index (χ2n) is 6.07. The van der Waals surface area contributed by atoms with E-state index in [4.69, 9.17) is 0 Å². The van der Waals surface area contributed by atoms with E-state index in [1.165, 1.54) is 0 Å². The summed E-state index contributed by atoms with van der Waals surface area (Å²) in [6, 6.07) is 4.57. The molecule has 1 unspecified atom stereocenters. The molecule has 0 bridgehead atoms. The number of anilines is 1. The first kappa shape index (κ1) is 19.3. The van der Waals surface area contributed by atoms with E-state index in [2.05, 4.69) is 79.2 Å². The van der Waals surface area contributed by atoms with Gasteiger partial charge in [-0.25, -0.2) is 9.98 Å². The molecule has 23 heavy (non-hydrogen) atoms. The smallest absolute Gasteiger partial charge is 0.191 e. The number of hydrogen-bond donors (Lipinski definition) is 2. The fourth-order valence-electron chi connectivity index (χ4n) is 2.12. The quantitative estimate of drug-likeness (QED) is 0.571. The molecule has 0 saturated heterocycles. The van der Waals surface area contributed by atoms with Gasteiger partial charge in [0.25, 0.3) is 0 Å². The van der Waals surface area contributed by atoms with Crippen LogP contribution in [0, 0.1) is 5.92 Å². The lowest BCUT2D eigenvalue weighted by Crippen LogP contribution is -2.44. The SMILES string of the molecule is CCNC(=NCc1ccc(N(CC)CC)nc1)NC(C)C(C)C. The van der Waals surface area contributed by atoms with Gasteiger partial charge in [-0.1, -0.05) is 19.9 Å². The second-order valence-corrected chi connectivity index (χ2v) is 6.07. The zero-order valence-electron chi connectivity index (χ0n) is 15.6. The second kappa shape index (κ2) is 10.1. The standard InChI is InChI=1S/C18H33N5/c1-7-19-18(22-15(6)14(4)5)21-13-16-10-11-17(20-12-16)23(8-2)9-3/h10-12,14-15H,7-9,13H2,1-6H3,(H2,19,21,22). The maximum Gasteiger partial charge on any atom is 0.191 e. The van der Waals surface area contributed by atoms with Gasteiger partial charge in [-0.3, -0.25) is 0 Å². The molecule has 0 saturated carbocycles. The maximum atomic E-state index is 4.66. The molecule has 0 aliphatic carbocycles. The van der Waals surface area contributed by atoms with Crippen molar-refractivity contribution in [3.05, 3.63) is 23.9 Å². The highest BCUT2D eigenvalue weighted by molar-refractivity contribution is 5.80. The molecule has 1 heterocycles. The minimum absolute atomic E-state index is 0.385. The molecular weight excluding hydrogens is 286 g/mol. The van der Waals surface area contributed by atoms with E-state index >= 15 is 0 Å². The van der Waals surface area contributed by atoms with Crippen LogP contribution in [0.1, 0.15) is 47.1 Å². The van der Waals surface area contributed by atoms with Crippen LogP contribution < -0.4 is 15.5 Å². The number of rotatable bonds is 8. The molecule has 0 fully saturated rings. The Morgan fingerprint density at radius 2 is 1.87 bits per heavy atom. The van der Waals surface area contributed by atoms with Gasteiger partial charge in [0, 0.05) is 31.9 Å². The van der Waals surface area contributed by atoms with Crippen LogP contribution in [0.25, 0.3) is 0 Å². The van der Waals surface area contributed by atoms with Crippen molar-refractivity contribution in [2.45, 2.75) is 54.1 Å². The van der Waals surface area contributed by atoms with Crippen LogP contribution in [-0.4, -0.2) is 36.6 Å². The van der Waals surface area contributed by atoms with E-state index < -0.39 is 0 Å². The highest BCUT2D eigenvalue weighted by atomic mass is 15.2. The van der Waals surface area contributed by atoms with Crippen LogP contribution in [-0.2, 0) is 6.54 Å². The van der Waals surface area contributed by atoms with Crippen molar-refractivity contribution in [3.8, 4) is 0 Å². The van der Waals surface area contributed by atoms with Crippen molar-refractivity contribution in [3.63, 3.8) is 0 Å². The zero-order chi connectivity index (χ0) is 17.2. The van der Waals surface area contributed by atoms with Gasteiger partial charge in [0.05, 0.1) is 6.54 Å². The first-order valence-electron chi connectivity index (χ1n) is 8.76. The first-order valence-corrected chi connectivity index (χ1v) is 8.76. The van der Waals surface area contributed by atoms with Crippen LogP contribution in [0.3, 0.4) is 0 Å². The van der Waals surface area contributed by atoms with Crippen LogP contribution >= 0.6 is 0 Å². The summed E-state index contributed by atoms with van der Waals surface area (Å²) in [5.41, 5.74) is 1.12. The molecule has 0 aliphatic heterocycles. The van der Waals surface area contributed by atoms with E-state index in [0.29, 0.717) is 18.5 Å². The summed E-state index contributed by atoms with van der Waals surface area (Å²) in [4.78, 5) is 11.5. The van der Waals surface area contributed by atoms with Gasteiger partial charge in [-0.15, -0.1) is 0 Å². The van der Waals surface area contributed by atoms with Gasteiger partial charge in [-0.2, -0.15) is 0 Å². The van der Waals surface area contributed by atoms with Crippen molar-refractivity contribution in [2.24, 2.45) is 10.9 Å². The van der Waals surface area contributed by atoms with Crippen molar-refractivity contribution >= 4 is 11.8 Å². The minimum Gasteiger partial charge on any atom is -0.357 e. The molecule has 1 rings (SSSR count). The third kappa shape index (κ3) is 6.47. The summed E-state index contributed by atoms with van der Waals surface area (Å²) in [6.07, 6.45) is 1.92. The fraction of sp³-hybridized carbons (Fsp3) is 0.667. The first-order chi connectivity index (χ1) is 11.0. The fourth-order valence-corrected chi connectivity index (χ4v) is 2.12. The molecule has 0 aliphatic rings. The van der Waals surface area contributed by atoms with Crippen LogP contribution in [0.5, 0.6) is 0 Å². The summed E-state index contributed by atoms with van der Waals surface area (Å²) in [5, 5.41) is 6.74. The van der Waals surface area contributed by atoms with Crippen LogP contribution in [0.4, 0.5) is 5.82 Å². The largest absolute Gasteiger partial charge is 0.357 e. The predicted molar refractivity (Wildman–Crippen MR) is 100 cm³/mol. The molecule has 0 spiro atoms. The molecule has 2 N–H and O–H groups in total. The Labute approximate surface area is 141 Å². The molecule has 0 amide bonds. The number of aliphatic imine (C=N–C) groups is 1. The molecule has 130 valence electrons. The van der Waals surface area contributed by atoms with E-state index in [0.717, 1.165) is 37.0 Å². The van der Waals surface area contributed by atoms with Gasteiger partial charge >= 0.3 is 0 Å². The Morgan fingerprint density at radius 1 is 1.17 bits per heavy atom. The number of hydrogen-bond acceptors (Lipinski definition) is 3. The van der Waals surface area contributed by atoms with Crippen LogP contribution in [0.15, 0.2) is 23.3 Å². The molecule has 0 aromatic carbocycles. The maximum absolute atomic E-state index is 4.66. The Morgan fingerprint density at radius 3 is 2.35 bits per heavy atom. The average Bonchev–Trinajstić information content (AvgIpc) is 2.55. The van der Waals surface area contributed by atoms with E-state index in [-0.39, 0.29) is 0 Å². The Kier molecular flexibility index (Phi) is 8.45. The summed E-state index contributed by atoms with van der Waals surface area (Å²) < 4.78 is 0. The number of nitrogens with zero attached hydrogens (tertiary/aromatic N) is 3. The lowest BCUT2D eigenvalue weighted by molar-refractivity contribution is 0.481. The van der Waals surface area contributed by atoms with Gasteiger partial charge in [0.2, 0.25) is 0 Å². The van der Waals surface area contributed by atoms with Crippen molar-refractivity contribution in [1.29, 1.82) is 0 Å². The summed E-state index contributed by atoms with van der Waals surface area (Å²) in [6.45, 7) is 16.4. The molecule has 1 aromatic rings. The number of guanidine groups is 1. The zero-order valence-corrected chi connectivity index (χ0v) is 15.6. The summed E-state index contributed by atoms with van der Waals surface area (Å²) >= 11 is 0. The van der Waals surface area contributed by atoms with Gasteiger partial charge in [-0.05, 0) is 45.2 Å². The third-order valence-electron chi connectivity index (χ3n) is 4.02. The number of nitrogens with one attached hydrogen (secondary N) is 2. The normalized spacial score (nSPS) is 13.1. The molecule has 5 nitrogen and oxygen atoms in total.